The van der Waals surface area contributed by atoms with Crippen LogP contribution in [0.1, 0.15) is 34.7 Å². The van der Waals surface area contributed by atoms with Crippen molar-refractivity contribution in [3.63, 3.8) is 0 Å². The number of hydrogen-bond acceptors (Lipinski definition) is 4. The van der Waals surface area contributed by atoms with Gasteiger partial charge in [0.15, 0.2) is 0 Å². The lowest BCUT2D eigenvalue weighted by molar-refractivity contribution is -0.118. The van der Waals surface area contributed by atoms with Gasteiger partial charge in [0.05, 0.1) is 5.39 Å². The van der Waals surface area contributed by atoms with Crippen molar-refractivity contribution in [2.24, 2.45) is 5.73 Å². The molecular weight excluding hydrogens is 406 g/mol. The molecule has 0 saturated carbocycles. The molecule has 2 N–H and O–H groups in total. The zero-order valence-electron chi connectivity index (χ0n) is 17.7. The SMILES string of the molecule is Cc1ccc(-c2c(C)sc3nc(Cc4ccccc4)n(CCCC(N)=O)c(=O)c23)cc1. The Labute approximate surface area is 185 Å². The van der Waals surface area contributed by atoms with Gasteiger partial charge in [0.25, 0.3) is 5.56 Å². The molecule has 0 spiro atoms. The third-order valence-corrected chi connectivity index (χ3v) is 6.42. The summed E-state index contributed by atoms with van der Waals surface area (Å²) in [6, 6.07) is 18.2. The van der Waals surface area contributed by atoms with E-state index in [1.807, 2.05) is 44.2 Å². The van der Waals surface area contributed by atoms with Crippen molar-refractivity contribution in [1.82, 2.24) is 9.55 Å². The first-order valence-electron chi connectivity index (χ1n) is 10.4. The summed E-state index contributed by atoms with van der Waals surface area (Å²) in [6.07, 6.45) is 1.30. The average molecular weight is 432 g/mol. The van der Waals surface area contributed by atoms with E-state index in [1.165, 1.54) is 5.56 Å². The maximum Gasteiger partial charge on any atom is 0.262 e. The summed E-state index contributed by atoms with van der Waals surface area (Å²) in [4.78, 5) is 31.7. The van der Waals surface area contributed by atoms with Crippen LogP contribution in [0.3, 0.4) is 0 Å². The van der Waals surface area contributed by atoms with Crippen molar-refractivity contribution in [2.45, 2.75) is 39.7 Å². The van der Waals surface area contributed by atoms with Gasteiger partial charge in [-0.3, -0.25) is 14.2 Å². The fraction of sp³-hybridized carbons (Fsp3) is 0.240. The molecule has 0 atom stereocenters. The predicted molar refractivity (Wildman–Crippen MR) is 126 cm³/mol. The number of primary amides is 1. The van der Waals surface area contributed by atoms with Gasteiger partial charge in [-0.1, -0.05) is 60.2 Å². The van der Waals surface area contributed by atoms with Crippen LogP contribution in [0.4, 0.5) is 0 Å². The van der Waals surface area contributed by atoms with Crippen LogP contribution in [-0.4, -0.2) is 15.5 Å². The molecule has 0 aliphatic heterocycles. The third-order valence-electron chi connectivity index (χ3n) is 5.42. The molecule has 0 aliphatic carbocycles. The van der Waals surface area contributed by atoms with Gasteiger partial charge < -0.3 is 5.73 Å². The van der Waals surface area contributed by atoms with E-state index in [1.54, 1.807) is 15.9 Å². The van der Waals surface area contributed by atoms with Crippen molar-refractivity contribution in [3.05, 3.63) is 86.8 Å². The van der Waals surface area contributed by atoms with Crippen molar-refractivity contribution < 1.29 is 4.79 Å². The number of nitrogens with two attached hydrogens (primary N) is 1. The number of hydrogen-bond donors (Lipinski definition) is 1. The number of fused-ring (bicyclic) bond motifs is 1. The van der Waals surface area contributed by atoms with Crippen LogP contribution in [0.25, 0.3) is 21.3 Å². The van der Waals surface area contributed by atoms with Gasteiger partial charge in [0, 0.05) is 29.8 Å². The minimum Gasteiger partial charge on any atom is -0.370 e. The molecule has 0 bridgehead atoms. The van der Waals surface area contributed by atoms with Crippen LogP contribution in [0.5, 0.6) is 0 Å². The molecule has 158 valence electrons. The molecule has 4 aromatic rings. The molecule has 5 nitrogen and oxygen atoms in total. The smallest absolute Gasteiger partial charge is 0.262 e. The van der Waals surface area contributed by atoms with Gasteiger partial charge in [0.1, 0.15) is 10.7 Å². The third kappa shape index (κ3) is 4.44. The molecule has 0 radical (unpaired) electrons. The van der Waals surface area contributed by atoms with Crippen molar-refractivity contribution in [3.8, 4) is 11.1 Å². The first-order chi connectivity index (χ1) is 14.9. The highest BCUT2D eigenvalue weighted by molar-refractivity contribution is 7.19. The molecule has 1 amide bonds. The van der Waals surface area contributed by atoms with Gasteiger partial charge in [-0.25, -0.2) is 4.98 Å². The summed E-state index contributed by atoms with van der Waals surface area (Å²) in [5, 5.41) is 0.655. The average Bonchev–Trinajstić information content (AvgIpc) is 3.07. The summed E-state index contributed by atoms with van der Waals surface area (Å²) >= 11 is 1.56. The Balaban J connectivity index is 1.88. The Morgan fingerprint density at radius 2 is 1.77 bits per heavy atom. The maximum absolute atomic E-state index is 13.7. The lowest BCUT2D eigenvalue weighted by atomic mass is 10.0. The van der Waals surface area contributed by atoms with E-state index >= 15 is 0 Å². The van der Waals surface area contributed by atoms with E-state index in [2.05, 4.69) is 24.3 Å². The lowest BCUT2D eigenvalue weighted by Crippen LogP contribution is -2.26. The summed E-state index contributed by atoms with van der Waals surface area (Å²) in [5.74, 6) is 0.350. The van der Waals surface area contributed by atoms with E-state index in [9.17, 15) is 9.59 Å². The summed E-state index contributed by atoms with van der Waals surface area (Å²) in [7, 11) is 0. The number of carbonyl (C=O) groups is 1. The maximum atomic E-state index is 13.7. The minimum absolute atomic E-state index is 0.0553. The Morgan fingerprint density at radius 3 is 2.45 bits per heavy atom. The fourth-order valence-electron chi connectivity index (χ4n) is 3.86. The molecule has 2 heterocycles. The second-order valence-corrected chi connectivity index (χ2v) is 9.00. The number of rotatable bonds is 7. The van der Waals surface area contributed by atoms with Crippen molar-refractivity contribution in [1.29, 1.82) is 0 Å². The molecule has 4 rings (SSSR count). The van der Waals surface area contributed by atoms with E-state index in [0.29, 0.717) is 30.6 Å². The van der Waals surface area contributed by atoms with E-state index in [0.717, 1.165) is 26.4 Å². The molecule has 0 saturated heterocycles. The summed E-state index contributed by atoms with van der Waals surface area (Å²) < 4.78 is 1.72. The number of amides is 1. The highest BCUT2D eigenvalue weighted by atomic mass is 32.1. The largest absolute Gasteiger partial charge is 0.370 e. The van der Waals surface area contributed by atoms with E-state index in [4.69, 9.17) is 10.7 Å². The quantitative estimate of drug-likeness (QED) is 0.465. The first-order valence-corrected chi connectivity index (χ1v) is 11.2. The highest BCUT2D eigenvalue weighted by Gasteiger charge is 2.20. The van der Waals surface area contributed by atoms with Gasteiger partial charge in [-0.15, -0.1) is 11.3 Å². The van der Waals surface area contributed by atoms with Crippen LogP contribution in [-0.2, 0) is 17.8 Å². The minimum atomic E-state index is -0.363. The molecule has 2 aromatic heterocycles. The molecule has 6 heteroatoms. The zero-order valence-corrected chi connectivity index (χ0v) is 18.5. The summed E-state index contributed by atoms with van der Waals surface area (Å²) in [5.41, 5.74) is 9.50. The Hall–Kier alpha value is -3.25. The Morgan fingerprint density at radius 1 is 1.06 bits per heavy atom. The second-order valence-electron chi connectivity index (χ2n) is 7.80. The van der Waals surface area contributed by atoms with Crippen LogP contribution in [0.15, 0.2) is 59.4 Å². The monoisotopic (exact) mass is 431 g/mol. The molecule has 0 unspecified atom stereocenters. The molecule has 0 aliphatic rings. The number of aryl methyl sites for hydroxylation is 2. The number of benzene rings is 2. The van der Waals surface area contributed by atoms with Gasteiger partial charge in [0.2, 0.25) is 5.91 Å². The molecule has 2 aromatic carbocycles. The van der Waals surface area contributed by atoms with Crippen LogP contribution < -0.4 is 11.3 Å². The second kappa shape index (κ2) is 8.86. The normalized spacial score (nSPS) is 11.2. The topological polar surface area (TPSA) is 78.0 Å². The predicted octanol–water partition coefficient (Wildman–Crippen LogP) is 4.60. The van der Waals surface area contributed by atoms with Gasteiger partial charge in [-0.05, 0) is 31.4 Å². The molecular formula is C25H25N3O2S. The standard InChI is InChI=1S/C25H25N3O2S/c1-16-10-12-19(13-11-16)22-17(2)31-24-23(22)25(30)28(14-6-9-20(26)29)21(27-24)15-18-7-4-3-5-8-18/h3-5,7-8,10-13H,6,9,14-15H2,1-2H3,(H2,26,29). The van der Waals surface area contributed by atoms with Crippen LogP contribution >= 0.6 is 11.3 Å². The van der Waals surface area contributed by atoms with E-state index < -0.39 is 0 Å². The van der Waals surface area contributed by atoms with Gasteiger partial charge in [-0.2, -0.15) is 0 Å². The Kier molecular flexibility index (Phi) is 6.00. The fourth-order valence-corrected chi connectivity index (χ4v) is 4.91. The van der Waals surface area contributed by atoms with Crippen molar-refractivity contribution >= 4 is 27.5 Å². The zero-order chi connectivity index (χ0) is 22.0. The first kappa shape index (κ1) is 21.0. The number of carbonyl (C=O) groups excluding carboxylic acids is 1. The number of nitrogens with zero attached hydrogens (tertiary/aromatic N) is 2. The van der Waals surface area contributed by atoms with Gasteiger partial charge >= 0.3 is 0 Å². The number of aromatic nitrogens is 2. The Bertz CT molecular complexity index is 1290. The highest BCUT2D eigenvalue weighted by Crippen LogP contribution is 2.36. The molecule has 31 heavy (non-hydrogen) atoms. The van der Waals surface area contributed by atoms with Crippen molar-refractivity contribution in [2.75, 3.05) is 0 Å². The molecule has 0 fully saturated rings. The van der Waals surface area contributed by atoms with Crippen LogP contribution in [0, 0.1) is 13.8 Å². The van der Waals surface area contributed by atoms with Crippen LogP contribution in [0.2, 0.25) is 0 Å². The number of thiophene rings is 1. The van der Waals surface area contributed by atoms with E-state index in [-0.39, 0.29) is 17.9 Å². The summed E-state index contributed by atoms with van der Waals surface area (Å²) in [6.45, 7) is 4.50. The lowest BCUT2D eigenvalue weighted by Gasteiger charge is -2.13.